The predicted molar refractivity (Wildman–Crippen MR) is 89.8 cm³/mol. The van der Waals surface area contributed by atoms with Crippen LogP contribution in [0.1, 0.15) is 36.6 Å². The maximum absolute atomic E-state index is 11.9. The van der Waals surface area contributed by atoms with Crippen LogP contribution in [0.2, 0.25) is 0 Å². The van der Waals surface area contributed by atoms with Crippen LogP contribution in [0, 0.1) is 0 Å². The summed E-state index contributed by atoms with van der Waals surface area (Å²) in [5.74, 6) is -0.251. The van der Waals surface area contributed by atoms with Crippen molar-refractivity contribution < 1.29 is 14.6 Å². The number of rotatable bonds is 8. The average Bonchev–Trinajstić information content (AvgIpc) is 2.60. The van der Waals surface area contributed by atoms with E-state index in [2.05, 4.69) is 5.32 Å². The molecule has 0 unspecified atom stereocenters. The number of carbonyl (C=O) groups excluding carboxylic acids is 1. The van der Waals surface area contributed by atoms with E-state index in [-0.39, 0.29) is 31.1 Å². The molecule has 2 N–H and O–H groups in total. The van der Waals surface area contributed by atoms with Gasteiger partial charge in [-0.15, -0.1) is 0 Å². The quantitative estimate of drug-likeness (QED) is 0.736. The zero-order valence-electron chi connectivity index (χ0n) is 13.3. The number of carbonyl (C=O) groups is 1. The highest BCUT2D eigenvalue weighted by Crippen LogP contribution is 2.22. The van der Waals surface area contributed by atoms with Gasteiger partial charge in [0.15, 0.2) is 0 Å². The van der Waals surface area contributed by atoms with Crippen molar-refractivity contribution in [3.05, 3.63) is 71.8 Å². The van der Waals surface area contributed by atoms with Crippen molar-refractivity contribution >= 4 is 5.97 Å². The third-order valence-corrected chi connectivity index (χ3v) is 3.66. The molecule has 0 saturated heterocycles. The third-order valence-electron chi connectivity index (χ3n) is 3.66. The first-order valence-corrected chi connectivity index (χ1v) is 7.87. The van der Waals surface area contributed by atoms with Crippen molar-refractivity contribution in [2.24, 2.45) is 0 Å². The van der Waals surface area contributed by atoms with Gasteiger partial charge >= 0.3 is 5.97 Å². The molecule has 2 aromatic carbocycles. The Balaban J connectivity index is 2.17. The smallest absolute Gasteiger partial charge is 0.307 e. The van der Waals surface area contributed by atoms with E-state index in [1.54, 1.807) is 6.92 Å². The first kappa shape index (κ1) is 17.2. The lowest BCUT2D eigenvalue weighted by Gasteiger charge is -2.25. The summed E-state index contributed by atoms with van der Waals surface area (Å²) in [5.41, 5.74) is 1.98. The number of hydrogen-bond donors (Lipinski definition) is 2. The minimum absolute atomic E-state index is 0.0455. The summed E-state index contributed by atoms with van der Waals surface area (Å²) in [6.07, 6.45) is 0.223. The molecule has 4 heteroatoms. The van der Waals surface area contributed by atoms with Crippen LogP contribution in [-0.2, 0) is 9.53 Å². The largest absolute Gasteiger partial charge is 0.466 e. The summed E-state index contributed by atoms with van der Waals surface area (Å²) in [4.78, 5) is 11.9. The fourth-order valence-corrected chi connectivity index (χ4v) is 2.53. The summed E-state index contributed by atoms with van der Waals surface area (Å²) in [6, 6.07) is 19.0. The average molecular weight is 313 g/mol. The van der Waals surface area contributed by atoms with Gasteiger partial charge in [-0.25, -0.2) is 0 Å². The number of benzene rings is 2. The van der Waals surface area contributed by atoms with Crippen LogP contribution in [0.5, 0.6) is 0 Å². The van der Waals surface area contributed by atoms with Gasteiger partial charge in [0.1, 0.15) is 0 Å². The Morgan fingerprint density at radius 3 is 2.00 bits per heavy atom. The van der Waals surface area contributed by atoms with Crippen molar-refractivity contribution in [2.45, 2.75) is 25.4 Å². The van der Waals surface area contributed by atoms with Crippen LogP contribution in [0.25, 0.3) is 0 Å². The van der Waals surface area contributed by atoms with Gasteiger partial charge < -0.3 is 15.2 Å². The molecule has 0 saturated carbocycles. The first-order valence-electron chi connectivity index (χ1n) is 7.87. The molecular weight excluding hydrogens is 290 g/mol. The highest BCUT2D eigenvalue weighted by Gasteiger charge is 2.21. The lowest BCUT2D eigenvalue weighted by molar-refractivity contribution is -0.143. The van der Waals surface area contributed by atoms with Crippen LogP contribution in [0.3, 0.4) is 0 Å². The molecule has 4 nitrogen and oxygen atoms in total. The zero-order valence-corrected chi connectivity index (χ0v) is 13.3. The number of ether oxygens (including phenoxy) is 1. The minimum atomic E-state index is -0.251. The number of hydrogen-bond acceptors (Lipinski definition) is 4. The van der Waals surface area contributed by atoms with Crippen molar-refractivity contribution in [3.63, 3.8) is 0 Å². The molecule has 0 aliphatic rings. The van der Waals surface area contributed by atoms with Crippen LogP contribution in [0.15, 0.2) is 60.7 Å². The fraction of sp³-hybridized carbons (Fsp3) is 0.316. The molecule has 122 valence electrons. The molecule has 0 aliphatic heterocycles. The topological polar surface area (TPSA) is 58.6 Å². The number of esters is 1. The lowest BCUT2D eigenvalue weighted by atomic mass is 10.0. The van der Waals surface area contributed by atoms with E-state index in [1.165, 1.54) is 0 Å². The summed E-state index contributed by atoms with van der Waals surface area (Å²) in [5, 5.41) is 13.1. The molecule has 0 radical (unpaired) electrons. The molecule has 2 rings (SSSR count). The third kappa shape index (κ3) is 5.20. The Hall–Kier alpha value is -2.17. The molecule has 23 heavy (non-hydrogen) atoms. The molecule has 0 fully saturated rings. The summed E-state index contributed by atoms with van der Waals surface area (Å²) in [6.45, 7) is 2.11. The van der Waals surface area contributed by atoms with Crippen molar-refractivity contribution in [1.29, 1.82) is 0 Å². The minimum Gasteiger partial charge on any atom is -0.466 e. The fourth-order valence-electron chi connectivity index (χ4n) is 2.53. The maximum Gasteiger partial charge on any atom is 0.307 e. The Morgan fingerprint density at radius 1 is 1.00 bits per heavy atom. The first-order chi connectivity index (χ1) is 11.2. The van der Waals surface area contributed by atoms with E-state index in [1.807, 2.05) is 60.7 Å². The Labute approximate surface area is 137 Å². The molecule has 0 bridgehead atoms. The number of nitrogens with one attached hydrogen (secondary N) is 1. The maximum atomic E-state index is 11.9. The molecule has 0 aromatic heterocycles. The van der Waals surface area contributed by atoms with Gasteiger partial charge in [-0.2, -0.15) is 0 Å². The second kappa shape index (κ2) is 9.08. The molecule has 2 atom stereocenters. The second-order valence-corrected chi connectivity index (χ2v) is 5.28. The van der Waals surface area contributed by atoms with E-state index in [0.29, 0.717) is 6.61 Å². The number of aliphatic hydroxyl groups is 1. The highest BCUT2D eigenvalue weighted by atomic mass is 16.5. The van der Waals surface area contributed by atoms with Gasteiger partial charge in [-0.05, 0) is 18.1 Å². The molecule has 2 aromatic rings. The van der Waals surface area contributed by atoms with Crippen LogP contribution in [-0.4, -0.2) is 24.3 Å². The van der Waals surface area contributed by atoms with E-state index in [4.69, 9.17) is 4.74 Å². The summed E-state index contributed by atoms with van der Waals surface area (Å²) >= 11 is 0. The van der Waals surface area contributed by atoms with Gasteiger partial charge in [0.2, 0.25) is 0 Å². The van der Waals surface area contributed by atoms with Gasteiger partial charge in [0.25, 0.3) is 0 Å². The molecule has 0 amide bonds. The van der Waals surface area contributed by atoms with Gasteiger partial charge in [0, 0.05) is 6.04 Å². The normalized spacial score (nSPS) is 13.3. The van der Waals surface area contributed by atoms with E-state index in [0.717, 1.165) is 11.1 Å². The van der Waals surface area contributed by atoms with Crippen molar-refractivity contribution in [1.82, 2.24) is 5.32 Å². The van der Waals surface area contributed by atoms with Gasteiger partial charge in [-0.1, -0.05) is 60.7 Å². The van der Waals surface area contributed by atoms with E-state index < -0.39 is 0 Å². The van der Waals surface area contributed by atoms with E-state index >= 15 is 0 Å². The molecule has 0 aliphatic carbocycles. The van der Waals surface area contributed by atoms with Gasteiger partial charge in [-0.3, -0.25) is 4.79 Å². The Bertz CT molecular complexity index is 586. The molecule has 0 spiro atoms. The SMILES string of the molecule is CCOC(=O)C[C@@H](N[C@@H](CO)c1ccccc1)c1ccccc1. The van der Waals surface area contributed by atoms with Crippen molar-refractivity contribution in [2.75, 3.05) is 13.2 Å². The molecular formula is C19H23NO3. The Morgan fingerprint density at radius 2 is 1.52 bits per heavy atom. The highest BCUT2D eigenvalue weighted by molar-refractivity contribution is 5.70. The summed E-state index contributed by atoms with van der Waals surface area (Å²) in [7, 11) is 0. The molecule has 0 heterocycles. The van der Waals surface area contributed by atoms with Crippen LogP contribution < -0.4 is 5.32 Å². The van der Waals surface area contributed by atoms with Crippen LogP contribution in [0.4, 0.5) is 0 Å². The number of aliphatic hydroxyl groups excluding tert-OH is 1. The summed E-state index contributed by atoms with van der Waals surface area (Å²) < 4.78 is 5.07. The Kier molecular flexibility index (Phi) is 6.78. The second-order valence-electron chi connectivity index (χ2n) is 5.28. The standard InChI is InChI=1S/C19H23NO3/c1-2-23-19(22)13-17(15-9-5-3-6-10-15)20-18(14-21)16-11-7-4-8-12-16/h3-12,17-18,20-21H,2,13-14H2,1H3/t17-,18+/m1/s1. The van der Waals surface area contributed by atoms with Gasteiger partial charge in [0.05, 0.1) is 25.7 Å². The predicted octanol–water partition coefficient (Wildman–Crippen LogP) is 3.00. The van der Waals surface area contributed by atoms with Crippen LogP contribution >= 0.6 is 0 Å². The van der Waals surface area contributed by atoms with Crippen molar-refractivity contribution in [3.8, 4) is 0 Å². The lowest BCUT2D eigenvalue weighted by Crippen LogP contribution is -2.31. The van der Waals surface area contributed by atoms with E-state index in [9.17, 15) is 9.90 Å². The zero-order chi connectivity index (χ0) is 16.5. The monoisotopic (exact) mass is 313 g/mol.